The predicted octanol–water partition coefficient (Wildman–Crippen LogP) is 2.46. The normalized spacial score (nSPS) is 19.6. The van der Waals surface area contributed by atoms with Crippen molar-refractivity contribution in [1.82, 2.24) is 0 Å². The van der Waals surface area contributed by atoms with E-state index in [1.807, 2.05) is 6.92 Å². The minimum absolute atomic E-state index is 0.0832. The summed E-state index contributed by atoms with van der Waals surface area (Å²) in [6, 6.07) is 0. The van der Waals surface area contributed by atoms with Crippen LogP contribution in [0.15, 0.2) is 0 Å². The minimum atomic E-state index is -0.633. The average molecular weight is 188 g/mol. The summed E-state index contributed by atoms with van der Waals surface area (Å²) in [6.07, 6.45) is 0.904. The van der Waals surface area contributed by atoms with Crippen molar-refractivity contribution in [3.8, 4) is 0 Å². The first-order valence-corrected chi connectivity index (χ1v) is 4.94. The van der Waals surface area contributed by atoms with Gasteiger partial charge in [-0.2, -0.15) is 0 Å². The molecular weight excluding hydrogens is 164 g/mol. The number of hydrogen-bond acceptors (Lipinski definition) is 2. The molecule has 0 spiro atoms. The number of ether oxygens (including phenoxy) is 1. The van der Waals surface area contributed by atoms with Crippen LogP contribution >= 0.6 is 0 Å². The van der Waals surface area contributed by atoms with E-state index in [9.17, 15) is 5.11 Å². The fraction of sp³-hybridized carbons (Fsp3) is 1.00. The Kier molecular flexibility index (Phi) is 4.40. The van der Waals surface area contributed by atoms with Crippen molar-refractivity contribution >= 4 is 0 Å². The second-order valence-electron chi connectivity index (χ2n) is 5.08. The molecule has 13 heavy (non-hydrogen) atoms. The Morgan fingerprint density at radius 3 is 2.00 bits per heavy atom. The van der Waals surface area contributed by atoms with E-state index in [-0.39, 0.29) is 11.3 Å². The molecule has 0 saturated carbocycles. The molecule has 2 unspecified atom stereocenters. The lowest BCUT2D eigenvalue weighted by molar-refractivity contribution is -0.0899. The third-order valence-corrected chi connectivity index (χ3v) is 3.23. The van der Waals surface area contributed by atoms with Gasteiger partial charge in [-0.05, 0) is 24.7 Å². The molecule has 1 N–H and O–H groups in total. The Morgan fingerprint density at radius 2 is 1.69 bits per heavy atom. The van der Waals surface area contributed by atoms with Crippen molar-refractivity contribution in [1.29, 1.82) is 0 Å². The maximum absolute atomic E-state index is 10.3. The lowest BCUT2D eigenvalue weighted by Crippen LogP contribution is -2.45. The van der Waals surface area contributed by atoms with Crippen LogP contribution in [0.25, 0.3) is 0 Å². The molecule has 0 aliphatic heterocycles. The Balaban J connectivity index is 4.27. The molecule has 0 heterocycles. The van der Waals surface area contributed by atoms with E-state index in [4.69, 9.17) is 4.74 Å². The molecule has 0 saturated heterocycles. The third kappa shape index (κ3) is 3.28. The zero-order chi connectivity index (χ0) is 10.7. The maximum Gasteiger partial charge on any atom is 0.0694 e. The summed E-state index contributed by atoms with van der Waals surface area (Å²) < 4.78 is 5.01. The molecule has 0 fully saturated rings. The molecule has 0 aliphatic carbocycles. The van der Waals surface area contributed by atoms with Crippen LogP contribution in [0.2, 0.25) is 0 Å². The average Bonchev–Trinajstić information content (AvgIpc) is 1.97. The molecular formula is C11H24O2. The van der Waals surface area contributed by atoms with E-state index in [0.717, 1.165) is 6.42 Å². The van der Waals surface area contributed by atoms with Crippen molar-refractivity contribution in [2.75, 3.05) is 13.7 Å². The van der Waals surface area contributed by atoms with Crippen LogP contribution in [0.1, 0.15) is 41.0 Å². The maximum atomic E-state index is 10.3. The Labute approximate surface area is 82.3 Å². The molecule has 0 aromatic carbocycles. The summed E-state index contributed by atoms with van der Waals surface area (Å²) >= 11 is 0. The zero-order valence-electron chi connectivity index (χ0n) is 9.85. The fourth-order valence-electron chi connectivity index (χ4n) is 1.31. The van der Waals surface area contributed by atoms with Gasteiger partial charge in [0, 0.05) is 13.7 Å². The number of rotatable bonds is 4. The number of methoxy groups -OCH3 is 1. The van der Waals surface area contributed by atoms with Crippen molar-refractivity contribution in [3.05, 3.63) is 0 Å². The Bertz CT molecular complexity index is 145. The molecule has 2 heteroatoms. The van der Waals surface area contributed by atoms with Crippen molar-refractivity contribution in [3.63, 3.8) is 0 Å². The van der Waals surface area contributed by atoms with E-state index in [1.165, 1.54) is 0 Å². The largest absolute Gasteiger partial charge is 0.389 e. The van der Waals surface area contributed by atoms with Crippen molar-refractivity contribution in [2.24, 2.45) is 11.3 Å². The molecule has 2 atom stereocenters. The quantitative estimate of drug-likeness (QED) is 0.734. The van der Waals surface area contributed by atoms with Gasteiger partial charge < -0.3 is 9.84 Å². The molecule has 2 nitrogen and oxygen atoms in total. The first-order chi connectivity index (χ1) is 5.73. The molecule has 0 rings (SSSR count). The first kappa shape index (κ1) is 12.9. The standard InChI is InChI=1S/C11H24O2/c1-9(7-8-13-6)11(5,12)10(2,3)4/h9,12H,7-8H2,1-6H3. The molecule has 0 amide bonds. The summed E-state index contributed by atoms with van der Waals surface area (Å²) in [5, 5.41) is 10.3. The van der Waals surface area contributed by atoms with Crippen LogP contribution in [0.3, 0.4) is 0 Å². The van der Waals surface area contributed by atoms with Gasteiger partial charge in [-0.15, -0.1) is 0 Å². The SMILES string of the molecule is COCCC(C)C(C)(O)C(C)(C)C. The molecule has 0 aromatic rings. The van der Waals surface area contributed by atoms with Gasteiger partial charge in [0.25, 0.3) is 0 Å². The van der Waals surface area contributed by atoms with Crippen molar-refractivity contribution in [2.45, 2.75) is 46.6 Å². The highest BCUT2D eigenvalue weighted by Crippen LogP contribution is 2.37. The van der Waals surface area contributed by atoms with Gasteiger partial charge in [0.1, 0.15) is 0 Å². The predicted molar refractivity (Wildman–Crippen MR) is 55.7 cm³/mol. The third-order valence-electron chi connectivity index (χ3n) is 3.23. The summed E-state index contributed by atoms with van der Waals surface area (Å²) in [5.74, 6) is 0.257. The number of aliphatic hydroxyl groups is 1. The van der Waals surface area contributed by atoms with E-state index < -0.39 is 5.60 Å². The smallest absolute Gasteiger partial charge is 0.0694 e. The van der Waals surface area contributed by atoms with Gasteiger partial charge in [-0.3, -0.25) is 0 Å². The van der Waals surface area contributed by atoms with E-state index in [1.54, 1.807) is 7.11 Å². The molecule has 0 bridgehead atoms. The highest BCUT2D eigenvalue weighted by Gasteiger charge is 2.39. The van der Waals surface area contributed by atoms with Gasteiger partial charge in [0.05, 0.1) is 5.60 Å². The molecule has 80 valence electrons. The minimum Gasteiger partial charge on any atom is -0.389 e. The molecule has 0 radical (unpaired) electrons. The van der Waals surface area contributed by atoms with E-state index in [2.05, 4.69) is 27.7 Å². The lowest BCUT2D eigenvalue weighted by Gasteiger charge is -2.42. The molecule has 0 aliphatic rings. The van der Waals surface area contributed by atoms with E-state index >= 15 is 0 Å². The fourth-order valence-corrected chi connectivity index (χ4v) is 1.31. The summed E-state index contributed by atoms with van der Waals surface area (Å²) in [6.45, 7) is 10.9. The Hall–Kier alpha value is -0.0800. The molecule has 0 aromatic heterocycles. The number of hydrogen-bond donors (Lipinski definition) is 1. The van der Waals surface area contributed by atoms with Gasteiger partial charge in [0.2, 0.25) is 0 Å². The first-order valence-electron chi connectivity index (χ1n) is 4.94. The van der Waals surface area contributed by atoms with Crippen LogP contribution in [-0.2, 0) is 4.74 Å². The second-order valence-corrected chi connectivity index (χ2v) is 5.08. The van der Waals surface area contributed by atoms with E-state index in [0.29, 0.717) is 6.61 Å². The van der Waals surface area contributed by atoms with Crippen molar-refractivity contribution < 1.29 is 9.84 Å². The summed E-state index contributed by atoms with van der Waals surface area (Å²) in [7, 11) is 1.69. The highest BCUT2D eigenvalue weighted by molar-refractivity contribution is 4.90. The summed E-state index contributed by atoms with van der Waals surface area (Å²) in [5.41, 5.74) is -0.717. The Morgan fingerprint density at radius 1 is 1.23 bits per heavy atom. The van der Waals surface area contributed by atoms with Crippen LogP contribution in [-0.4, -0.2) is 24.4 Å². The lowest BCUT2D eigenvalue weighted by atomic mass is 9.70. The summed E-state index contributed by atoms with van der Waals surface area (Å²) in [4.78, 5) is 0. The highest BCUT2D eigenvalue weighted by atomic mass is 16.5. The van der Waals surface area contributed by atoms with Gasteiger partial charge in [-0.1, -0.05) is 27.7 Å². The van der Waals surface area contributed by atoms with Crippen LogP contribution in [0.5, 0.6) is 0 Å². The topological polar surface area (TPSA) is 29.5 Å². The van der Waals surface area contributed by atoms with Crippen LogP contribution < -0.4 is 0 Å². The monoisotopic (exact) mass is 188 g/mol. The van der Waals surface area contributed by atoms with Crippen LogP contribution in [0.4, 0.5) is 0 Å². The zero-order valence-corrected chi connectivity index (χ0v) is 9.85. The second kappa shape index (κ2) is 4.43. The van der Waals surface area contributed by atoms with Crippen LogP contribution in [0, 0.1) is 11.3 Å². The van der Waals surface area contributed by atoms with Gasteiger partial charge in [0.15, 0.2) is 0 Å². The van der Waals surface area contributed by atoms with Gasteiger partial charge in [-0.25, -0.2) is 0 Å². The van der Waals surface area contributed by atoms with Gasteiger partial charge >= 0.3 is 0 Å².